The van der Waals surface area contributed by atoms with Gasteiger partial charge in [0.25, 0.3) is 0 Å². The van der Waals surface area contributed by atoms with Crippen LogP contribution >= 0.6 is 0 Å². The van der Waals surface area contributed by atoms with Gasteiger partial charge < -0.3 is 33.2 Å². The van der Waals surface area contributed by atoms with Crippen molar-refractivity contribution in [1.82, 2.24) is 0 Å². The Balaban J connectivity index is 1.66. The largest absolute Gasteiger partial charge is 0.372 e. The van der Waals surface area contributed by atoms with Crippen LogP contribution in [0.4, 0.5) is 0 Å². The molecule has 2 saturated heterocycles. The first-order valence-electron chi connectivity index (χ1n) is 14.1. The van der Waals surface area contributed by atoms with Gasteiger partial charge in [-0.3, -0.25) is 0 Å². The van der Waals surface area contributed by atoms with E-state index in [9.17, 15) is 11.1 Å². The molecule has 2 aromatic rings. The molecule has 0 aromatic heterocycles. The van der Waals surface area contributed by atoms with Crippen LogP contribution in [0.3, 0.4) is 0 Å². The van der Waals surface area contributed by atoms with E-state index in [1.54, 1.807) is 13.0 Å². The lowest BCUT2D eigenvalue weighted by atomic mass is 9.94. The molecule has 43 heavy (non-hydrogen) atoms. The molecule has 13 heteroatoms. The first-order chi connectivity index (χ1) is 21.0. The summed E-state index contributed by atoms with van der Waals surface area (Å²) in [5, 5.41) is 7.95. The third-order valence-electron chi connectivity index (χ3n) is 7.38. The summed E-state index contributed by atoms with van der Waals surface area (Å²) in [6, 6.07) is 17.4. The molecule has 2 fully saturated rings. The van der Waals surface area contributed by atoms with Crippen molar-refractivity contribution in [3.05, 3.63) is 105 Å². The Hall–Kier alpha value is -3.48. The normalized spacial score (nSPS) is 32.3. The van der Waals surface area contributed by atoms with E-state index in [1.807, 2.05) is 67.6 Å². The SMILES string of the molecule is C=CCO[C@H]1[C@H](OC)O[C@@H](C)[C@H](OCc2ccccc2)[C@H]1O[C@H]1O[C@H](C)[C@@H](N=[N+]=[N-])[C@H](OCc2ccccc2)[C@H]1N=[N+]=[N-]. The molecular formula is C30H38N6O7. The van der Waals surface area contributed by atoms with E-state index in [4.69, 9.17) is 33.2 Å². The summed E-state index contributed by atoms with van der Waals surface area (Å²) in [6.07, 6.45) is -4.44. The molecule has 0 spiro atoms. The van der Waals surface area contributed by atoms with Gasteiger partial charge >= 0.3 is 0 Å². The Morgan fingerprint density at radius 1 is 0.744 bits per heavy atom. The topological polar surface area (TPSA) is 162 Å². The van der Waals surface area contributed by atoms with Gasteiger partial charge in [0.1, 0.15) is 24.4 Å². The summed E-state index contributed by atoms with van der Waals surface area (Å²) < 4.78 is 43.4. The fourth-order valence-electron chi connectivity index (χ4n) is 5.30. The van der Waals surface area contributed by atoms with Crippen molar-refractivity contribution in [3.8, 4) is 0 Å². The monoisotopic (exact) mass is 594 g/mol. The highest BCUT2D eigenvalue weighted by Crippen LogP contribution is 2.35. The highest BCUT2D eigenvalue weighted by Gasteiger charge is 2.52. The first-order valence-corrected chi connectivity index (χ1v) is 14.1. The van der Waals surface area contributed by atoms with Crippen LogP contribution in [-0.2, 0) is 46.4 Å². The summed E-state index contributed by atoms with van der Waals surface area (Å²) in [6.45, 7) is 8.04. The minimum absolute atomic E-state index is 0.188. The number of hydrogen-bond acceptors (Lipinski definition) is 9. The number of azide groups is 2. The van der Waals surface area contributed by atoms with Gasteiger partial charge in [-0.2, -0.15) is 0 Å². The maximum Gasteiger partial charge on any atom is 0.186 e. The molecule has 0 aliphatic carbocycles. The highest BCUT2D eigenvalue weighted by atomic mass is 16.7. The van der Waals surface area contributed by atoms with Crippen LogP contribution in [0, 0.1) is 0 Å². The van der Waals surface area contributed by atoms with Crippen LogP contribution in [0.25, 0.3) is 20.9 Å². The van der Waals surface area contributed by atoms with Crippen molar-refractivity contribution in [2.24, 2.45) is 10.2 Å². The van der Waals surface area contributed by atoms with Gasteiger partial charge in [-0.25, -0.2) is 0 Å². The summed E-state index contributed by atoms with van der Waals surface area (Å²) in [5.41, 5.74) is 20.7. The minimum atomic E-state index is -1.11. The molecule has 0 unspecified atom stereocenters. The number of methoxy groups -OCH3 is 1. The van der Waals surface area contributed by atoms with E-state index in [1.165, 1.54) is 7.11 Å². The Labute approximate surface area is 250 Å². The number of nitrogens with zero attached hydrogens (tertiary/aromatic N) is 6. The summed E-state index contributed by atoms with van der Waals surface area (Å²) >= 11 is 0. The van der Waals surface area contributed by atoms with Gasteiger partial charge in [-0.05, 0) is 36.0 Å². The van der Waals surface area contributed by atoms with Crippen LogP contribution in [0.5, 0.6) is 0 Å². The zero-order chi connectivity index (χ0) is 30.6. The predicted octanol–water partition coefficient (Wildman–Crippen LogP) is 5.61. The van der Waals surface area contributed by atoms with E-state index < -0.39 is 61.3 Å². The van der Waals surface area contributed by atoms with Gasteiger partial charge in [-0.1, -0.05) is 77.0 Å². The summed E-state index contributed by atoms with van der Waals surface area (Å²) in [4.78, 5) is 6.06. The first kappa shape index (κ1) is 32.4. The van der Waals surface area contributed by atoms with Crippen LogP contribution in [0.15, 0.2) is 83.5 Å². The van der Waals surface area contributed by atoms with E-state index in [0.29, 0.717) is 0 Å². The Bertz CT molecular complexity index is 1240. The van der Waals surface area contributed by atoms with Crippen molar-refractivity contribution in [1.29, 1.82) is 0 Å². The van der Waals surface area contributed by atoms with Crippen molar-refractivity contribution in [2.75, 3.05) is 13.7 Å². The Morgan fingerprint density at radius 3 is 1.86 bits per heavy atom. The van der Waals surface area contributed by atoms with Crippen LogP contribution in [-0.4, -0.2) is 75.0 Å². The molecule has 230 valence electrons. The lowest BCUT2D eigenvalue weighted by molar-refractivity contribution is -0.343. The second-order valence-corrected chi connectivity index (χ2v) is 10.3. The zero-order valence-corrected chi connectivity index (χ0v) is 24.5. The van der Waals surface area contributed by atoms with Crippen molar-refractivity contribution in [2.45, 2.75) is 88.3 Å². The van der Waals surface area contributed by atoms with Crippen molar-refractivity contribution < 1.29 is 33.2 Å². The number of rotatable bonds is 14. The van der Waals surface area contributed by atoms with E-state index in [-0.39, 0.29) is 19.8 Å². The van der Waals surface area contributed by atoms with E-state index >= 15 is 0 Å². The molecule has 13 nitrogen and oxygen atoms in total. The maximum absolute atomic E-state index is 9.57. The number of hydrogen-bond donors (Lipinski definition) is 0. The van der Waals surface area contributed by atoms with E-state index in [0.717, 1.165) is 11.1 Å². The maximum atomic E-state index is 9.57. The third kappa shape index (κ3) is 8.33. The lowest BCUT2D eigenvalue weighted by Gasteiger charge is -2.48. The average molecular weight is 595 g/mol. The van der Waals surface area contributed by atoms with Gasteiger partial charge in [-0.15, -0.1) is 6.58 Å². The molecule has 0 N–H and O–H groups in total. The molecule has 2 aliphatic heterocycles. The summed E-state index contributed by atoms with van der Waals surface area (Å²) in [7, 11) is 1.52. The molecule has 0 bridgehead atoms. The lowest BCUT2D eigenvalue weighted by Crippen LogP contribution is -2.64. The molecule has 4 rings (SSSR count). The van der Waals surface area contributed by atoms with Gasteiger partial charge in [0, 0.05) is 16.9 Å². The Kier molecular flexibility index (Phi) is 12.4. The molecule has 0 radical (unpaired) electrons. The van der Waals surface area contributed by atoms with E-state index in [2.05, 4.69) is 26.6 Å². The summed E-state index contributed by atoms with van der Waals surface area (Å²) in [5.74, 6) is 0. The molecule has 0 amide bonds. The second kappa shape index (κ2) is 16.4. The van der Waals surface area contributed by atoms with Crippen molar-refractivity contribution in [3.63, 3.8) is 0 Å². The van der Waals surface area contributed by atoms with Gasteiger partial charge in [0.15, 0.2) is 12.6 Å². The average Bonchev–Trinajstić information content (AvgIpc) is 3.02. The molecule has 0 saturated carbocycles. The van der Waals surface area contributed by atoms with Crippen molar-refractivity contribution >= 4 is 0 Å². The smallest absolute Gasteiger partial charge is 0.186 e. The fourth-order valence-corrected chi connectivity index (χ4v) is 5.30. The molecule has 2 aromatic carbocycles. The molecular weight excluding hydrogens is 556 g/mol. The minimum Gasteiger partial charge on any atom is -0.372 e. The fraction of sp³-hybridized carbons (Fsp3) is 0.533. The number of benzene rings is 2. The zero-order valence-electron chi connectivity index (χ0n) is 24.5. The molecule has 10 atom stereocenters. The van der Waals surface area contributed by atoms with Crippen LogP contribution < -0.4 is 0 Å². The van der Waals surface area contributed by atoms with Crippen LogP contribution in [0.1, 0.15) is 25.0 Å². The molecule has 2 heterocycles. The second-order valence-electron chi connectivity index (χ2n) is 10.3. The van der Waals surface area contributed by atoms with Gasteiger partial charge in [0.2, 0.25) is 0 Å². The number of ether oxygens (including phenoxy) is 7. The van der Waals surface area contributed by atoms with Crippen LogP contribution in [0.2, 0.25) is 0 Å². The quantitative estimate of drug-likeness (QED) is 0.119. The standard InChI is InChI=1S/C30H38N6O7/c1-5-16-38-28-27(25(20(3)42-30(28)37-4)39-17-21-12-8-6-9-13-21)43-29-24(34-36-32)26(23(33-35-31)19(2)41-29)40-18-22-14-10-7-11-15-22/h5-15,19-20,23-30H,1,16-18H2,2-4H3/t19-,20+,23-,24-,25+,26+,27-,28-,29-,30-/m1/s1. The van der Waals surface area contributed by atoms with Gasteiger partial charge in [0.05, 0.1) is 44.2 Å². The predicted molar refractivity (Wildman–Crippen MR) is 156 cm³/mol. The highest BCUT2D eigenvalue weighted by molar-refractivity contribution is 5.14. The molecule has 2 aliphatic rings. The Morgan fingerprint density at radius 2 is 1.30 bits per heavy atom. The third-order valence-corrected chi connectivity index (χ3v) is 7.38.